The predicted molar refractivity (Wildman–Crippen MR) is 132 cm³/mol. The summed E-state index contributed by atoms with van der Waals surface area (Å²) in [5, 5.41) is 2.95. The number of hydrogen-bond acceptors (Lipinski definition) is 4. The van der Waals surface area contributed by atoms with E-state index in [4.69, 9.17) is 4.74 Å². The van der Waals surface area contributed by atoms with Crippen LogP contribution in [0.5, 0.6) is 5.75 Å². The molecule has 2 aliphatic rings. The van der Waals surface area contributed by atoms with Crippen molar-refractivity contribution in [3.63, 3.8) is 0 Å². The van der Waals surface area contributed by atoms with Crippen LogP contribution in [0.3, 0.4) is 0 Å². The van der Waals surface area contributed by atoms with Crippen molar-refractivity contribution in [2.45, 2.75) is 64.5 Å². The number of rotatable bonds is 6. The average Bonchev–Trinajstić information content (AvgIpc) is 2.84. The Bertz CT molecular complexity index is 926. The zero-order chi connectivity index (χ0) is 23.2. The minimum absolute atomic E-state index is 0.0174. The Balaban J connectivity index is 1.28. The van der Waals surface area contributed by atoms with Gasteiger partial charge in [0, 0.05) is 42.1 Å². The predicted octanol–water partition coefficient (Wildman–Crippen LogP) is 5.10. The van der Waals surface area contributed by atoms with Crippen molar-refractivity contribution in [1.29, 1.82) is 0 Å². The molecule has 2 atom stereocenters. The number of carbonyl (C=O) groups is 2. The Morgan fingerprint density at radius 3 is 2.15 bits per heavy atom. The largest absolute Gasteiger partial charge is 0.484 e. The van der Waals surface area contributed by atoms with E-state index in [0.29, 0.717) is 11.3 Å². The summed E-state index contributed by atoms with van der Waals surface area (Å²) in [6, 6.07) is 15.5. The van der Waals surface area contributed by atoms with Gasteiger partial charge in [0.2, 0.25) is 0 Å². The van der Waals surface area contributed by atoms with E-state index in [1.165, 1.54) is 31.4 Å². The van der Waals surface area contributed by atoms with E-state index in [0.717, 1.165) is 31.6 Å². The molecule has 0 radical (unpaired) electrons. The summed E-state index contributed by atoms with van der Waals surface area (Å²) < 4.78 is 5.71. The molecule has 0 bridgehead atoms. The van der Waals surface area contributed by atoms with Crippen LogP contribution < -0.4 is 15.0 Å². The lowest BCUT2D eigenvalue weighted by Crippen LogP contribution is -2.49. The highest BCUT2D eigenvalue weighted by Crippen LogP contribution is 2.24. The van der Waals surface area contributed by atoms with Gasteiger partial charge in [0.05, 0.1) is 0 Å². The summed E-state index contributed by atoms with van der Waals surface area (Å²) in [5.74, 6) is 0.437. The topological polar surface area (TPSA) is 61.9 Å². The molecule has 33 heavy (non-hydrogen) atoms. The number of hydrogen-bond donors (Lipinski definition) is 1. The molecule has 6 nitrogen and oxygen atoms in total. The lowest BCUT2D eigenvalue weighted by Gasteiger charge is -2.38. The Hall–Kier alpha value is -3.02. The molecule has 2 amide bonds. The zero-order valence-electron chi connectivity index (χ0n) is 19.8. The molecular formula is C27H35N3O3. The first-order chi connectivity index (χ1) is 16.0. The van der Waals surface area contributed by atoms with E-state index >= 15 is 0 Å². The van der Waals surface area contributed by atoms with Gasteiger partial charge in [0.15, 0.2) is 6.61 Å². The van der Waals surface area contributed by atoms with Gasteiger partial charge in [-0.15, -0.1) is 0 Å². The highest BCUT2D eigenvalue weighted by Gasteiger charge is 2.29. The van der Waals surface area contributed by atoms with E-state index in [2.05, 4.69) is 36.2 Å². The van der Waals surface area contributed by atoms with Crippen molar-refractivity contribution in [2.75, 3.05) is 29.9 Å². The molecule has 0 saturated carbocycles. The molecule has 2 aliphatic heterocycles. The van der Waals surface area contributed by atoms with Crippen molar-refractivity contribution >= 4 is 23.2 Å². The summed E-state index contributed by atoms with van der Waals surface area (Å²) in [4.78, 5) is 29.6. The van der Waals surface area contributed by atoms with Gasteiger partial charge in [-0.25, -0.2) is 0 Å². The van der Waals surface area contributed by atoms with Crippen LogP contribution in [0, 0.1) is 0 Å². The zero-order valence-corrected chi connectivity index (χ0v) is 19.8. The molecule has 2 fully saturated rings. The molecule has 0 spiro atoms. The van der Waals surface area contributed by atoms with Crippen LogP contribution in [0.4, 0.5) is 11.4 Å². The van der Waals surface area contributed by atoms with Crippen LogP contribution >= 0.6 is 0 Å². The van der Waals surface area contributed by atoms with Crippen LogP contribution in [0.2, 0.25) is 0 Å². The van der Waals surface area contributed by atoms with Gasteiger partial charge < -0.3 is 19.9 Å². The molecule has 4 rings (SSSR count). The number of piperidine rings is 2. The first-order valence-corrected chi connectivity index (χ1v) is 12.2. The van der Waals surface area contributed by atoms with Crippen LogP contribution in [-0.4, -0.2) is 48.5 Å². The average molecular weight is 450 g/mol. The first-order valence-electron chi connectivity index (χ1n) is 12.2. The fraction of sp³-hybridized carbons (Fsp3) is 0.481. The maximum atomic E-state index is 12.6. The Labute approximate surface area is 196 Å². The standard InChI is InChI=1S/C27H35N3O3/c1-20-7-6-8-21(2)30(20)26(31)19-33-25-15-9-22(10-16-25)27(32)28-23-11-13-24(14-12-23)29-17-4-3-5-18-29/h9-16,20-21H,3-8,17-19H2,1-2H3,(H,28,32). The number of nitrogens with zero attached hydrogens (tertiary/aromatic N) is 2. The van der Waals surface area contributed by atoms with E-state index < -0.39 is 0 Å². The molecule has 1 N–H and O–H groups in total. The van der Waals surface area contributed by atoms with Crippen molar-refractivity contribution in [2.24, 2.45) is 0 Å². The molecule has 0 aliphatic carbocycles. The van der Waals surface area contributed by atoms with Crippen LogP contribution in [-0.2, 0) is 4.79 Å². The van der Waals surface area contributed by atoms with Crippen LogP contribution in [0.1, 0.15) is 62.7 Å². The van der Waals surface area contributed by atoms with Gasteiger partial charge in [-0.1, -0.05) is 0 Å². The number of anilines is 2. The van der Waals surface area contributed by atoms with Crippen LogP contribution in [0.25, 0.3) is 0 Å². The number of likely N-dealkylation sites (tertiary alicyclic amines) is 1. The molecule has 176 valence electrons. The van der Waals surface area contributed by atoms with Gasteiger partial charge in [-0.2, -0.15) is 0 Å². The Morgan fingerprint density at radius 2 is 1.52 bits per heavy atom. The second-order valence-electron chi connectivity index (χ2n) is 9.29. The van der Waals surface area contributed by atoms with Gasteiger partial charge in [-0.05, 0) is 101 Å². The van der Waals surface area contributed by atoms with E-state index in [9.17, 15) is 9.59 Å². The summed E-state index contributed by atoms with van der Waals surface area (Å²) in [7, 11) is 0. The lowest BCUT2D eigenvalue weighted by atomic mass is 9.97. The highest BCUT2D eigenvalue weighted by molar-refractivity contribution is 6.04. The van der Waals surface area contributed by atoms with Gasteiger partial charge in [-0.3, -0.25) is 9.59 Å². The third kappa shape index (κ3) is 5.86. The molecule has 6 heteroatoms. The van der Waals surface area contributed by atoms with Gasteiger partial charge in [0.1, 0.15) is 5.75 Å². The van der Waals surface area contributed by atoms with E-state index in [-0.39, 0.29) is 30.5 Å². The molecule has 2 aromatic carbocycles. The normalized spacial score (nSPS) is 20.9. The first kappa shape index (κ1) is 23.1. The van der Waals surface area contributed by atoms with Crippen molar-refractivity contribution in [3.8, 4) is 5.75 Å². The minimum atomic E-state index is -0.167. The van der Waals surface area contributed by atoms with E-state index in [1.807, 2.05) is 17.0 Å². The minimum Gasteiger partial charge on any atom is -0.484 e. The maximum Gasteiger partial charge on any atom is 0.260 e. The smallest absolute Gasteiger partial charge is 0.260 e. The second-order valence-corrected chi connectivity index (χ2v) is 9.29. The van der Waals surface area contributed by atoms with Gasteiger partial charge in [0.25, 0.3) is 11.8 Å². The van der Waals surface area contributed by atoms with Crippen molar-refractivity contribution in [1.82, 2.24) is 4.90 Å². The van der Waals surface area contributed by atoms with Crippen LogP contribution in [0.15, 0.2) is 48.5 Å². The van der Waals surface area contributed by atoms with Gasteiger partial charge >= 0.3 is 0 Å². The number of ether oxygens (including phenoxy) is 1. The maximum absolute atomic E-state index is 12.6. The summed E-state index contributed by atoms with van der Waals surface area (Å²) >= 11 is 0. The SMILES string of the molecule is CC1CCCC(C)N1C(=O)COc1ccc(C(=O)Nc2ccc(N3CCCCC3)cc2)cc1. The molecule has 2 heterocycles. The number of carbonyl (C=O) groups excluding carboxylic acids is 2. The molecule has 2 saturated heterocycles. The quantitative estimate of drug-likeness (QED) is 0.667. The fourth-order valence-corrected chi connectivity index (χ4v) is 4.95. The molecular weight excluding hydrogens is 414 g/mol. The molecule has 2 unspecified atom stereocenters. The van der Waals surface area contributed by atoms with Crippen molar-refractivity contribution < 1.29 is 14.3 Å². The third-order valence-corrected chi connectivity index (χ3v) is 6.81. The fourth-order valence-electron chi connectivity index (χ4n) is 4.95. The summed E-state index contributed by atoms with van der Waals surface area (Å²) in [5.41, 5.74) is 2.53. The monoisotopic (exact) mass is 449 g/mol. The summed E-state index contributed by atoms with van der Waals surface area (Å²) in [6.07, 6.45) is 7.04. The molecule has 0 aromatic heterocycles. The third-order valence-electron chi connectivity index (χ3n) is 6.81. The lowest BCUT2D eigenvalue weighted by molar-refractivity contribution is -0.139. The Kier molecular flexibility index (Phi) is 7.53. The highest BCUT2D eigenvalue weighted by atomic mass is 16.5. The van der Waals surface area contributed by atoms with Crippen molar-refractivity contribution in [3.05, 3.63) is 54.1 Å². The molecule has 2 aromatic rings. The number of amides is 2. The number of nitrogens with one attached hydrogen (secondary N) is 1. The number of benzene rings is 2. The second kappa shape index (κ2) is 10.7. The Morgan fingerprint density at radius 1 is 0.879 bits per heavy atom. The van der Waals surface area contributed by atoms with E-state index in [1.54, 1.807) is 24.3 Å². The summed E-state index contributed by atoms with van der Waals surface area (Å²) in [6.45, 7) is 6.41.